The molecular weight excluding hydrogens is 188 g/mol. The van der Waals surface area contributed by atoms with E-state index in [1.165, 1.54) is 12.8 Å². The molecule has 0 spiro atoms. The molecule has 1 unspecified atom stereocenters. The van der Waals surface area contributed by atoms with Crippen molar-refractivity contribution in [3.63, 3.8) is 0 Å². The summed E-state index contributed by atoms with van der Waals surface area (Å²) < 4.78 is 0. The zero-order chi connectivity index (χ0) is 10.5. The topological polar surface area (TPSA) is 55.0 Å². The van der Waals surface area contributed by atoms with Gasteiger partial charge in [0.05, 0.1) is 0 Å². The van der Waals surface area contributed by atoms with Crippen LogP contribution in [-0.2, 0) is 0 Å². The Hall–Kier alpha value is -1.16. The molecule has 1 fully saturated rings. The maximum Gasteiger partial charge on any atom is 0.225 e. The van der Waals surface area contributed by atoms with Gasteiger partial charge in [-0.15, -0.1) is 0 Å². The predicted octanol–water partition coefficient (Wildman–Crippen LogP) is 1.18. The van der Waals surface area contributed by atoms with Gasteiger partial charge in [-0.05, 0) is 38.3 Å². The highest BCUT2D eigenvalue weighted by molar-refractivity contribution is 5.32. The fraction of sp³-hybridized carbons (Fsp3) is 0.636. The van der Waals surface area contributed by atoms with Crippen molar-refractivity contribution < 1.29 is 0 Å². The maximum absolute atomic E-state index is 5.54. The molecule has 1 aromatic heterocycles. The van der Waals surface area contributed by atoms with E-state index in [1.54, 1.807) is 12.4 Å². The Kier molecular flexibility index (Phi) is 3.50. The van der Waals surface area contributed by atoms with Crippen molar-refractivity contribution in [1.29, 1.82) is 0 Å². The Morgan fingerprint density at radius 2 is 2.20 bits per heavy atom. The van der Waals surface area contributed by atoms with Gasteiger partial charge in [0.25, 0.3) is 0 Å². The lowest BCUT2D eigenvalue weighted by molar-refractivity contribution is 0.578. The largest absolute Gasteiger partial charge is 0.338 e. The minimum absolute atomic E-state index is 0.593. The summed E-state index contributed by atoms with van der Waals surface area (Å²) in [7, 11) is 0. The molecular formula is C11H18N4. The van der Waals surface area contributed by atoms with Crippen LogP contribution in [-0.4, -0.2) is 29.1 Å². The van der Waals surface area contributed by atoms with E-state index in [1.807, 2.05) is 6.07 Å². The van der Waals surface area contributed by atoms with Gasteiger partial charge in [-0.2, -0.15) is 0 Å². The summed E-state index contributed by atoms with van der Waals surface area (Å²) in [6.07, 6.45) is 8.36. The first-order chi connectivity index (χ1) is 7.42. The number of hydrogen-bond donors (Lipinski definition) is 1. The monoisotopic (exact) mass is 206 g/mol. The molecule has 0 aromatic carbocycles. The molecule has 2 heterocycles. The first kappa shape index (κ1) is 10.4. The number of nitrogens with zero attached hydrogens (tertiary/aromatic N) is 3. The summed E-state index contributed by atoms with van der Waals surface area (Å²) in [4.78, 5) is 10.9. The van der Waals surface area contributed by atoms with Crippen molar-refractivity contribution in [2.24, 2.45) is 5.73 Å². The molecule has 0 bridgehead atoms. The highest BCUT2D eigenvalue weighted by Crippen LogP contribution is 2.24. The van der Waals surface area contributed by atoms with Gasteiger partial charge >= 0.3 is 0 Å². The molecule has 1 atom stereocenters. The van der Waals surface area contributed by atoms with E-state index >= 15 is 0 Å². The average molecular weight is 206 g/mol. The molecule has 0 aliphatic carbocycles. The summed E-state index contributed by atoms with van der Waals surface area (Å²) >= 11 is 0. The fourth-order valence-corrected chi connectivity index (χ4v) is 2.19. The number of rotatable bonds is 4. The van der Waals surface area contributed by atoms with Crippen LogP contribution in [0.1, 0.15) is 25.7 Å². The van der Waals surface area contributed by atoms with E-state index in [0.29, 0.717) is 6.04 Å². The smallest absolute Gasteiger partial charge is 0.225 e. The summed E-state index contributed by atoms with van der Waals surface area (Å²) in [5.41, 5.74) is 5.54. The third-order valence-corrected chi connectivity index (χ3v) is 2.93. The second-order valence-corrected chi connectivity index (χ2v) is 3.97. The summed E-state index contributed by atoms with van der Waals surface area (Å²) in [6.45, 7) is 1.86. The molecule has 82 valence electrons. The first-order valence-corrected chi connectivity index (χ1v) is 5.65. The first-order valence-electron chi connectivity index (χ1n) is 5.65. The third kappa shape index (κ3) is 2.45. The predicted molar refractivity (Wildman–Crippen MR) is 60.7 cm³/mol. The fourth-order valence-electron chi connectivity index (χ4n) is 2.19. The molecule has 15 heavy (non-hydrogen) atoms. The van der Waals surface area contributed by atoms with Crippen LogP contribution >= 0.6 is 0 Å². The minimum Gasteiger partial charge on any atom is -0.338 e. The van der Waals surface area contributed by atoms with Crippen LogP contribution in [0.4, 0.5) is 5.95 Å². The molecule has 4 heteroatoms. The van der Waals surface area contributed by atoms with Gasteiger partial charge in [0.1, 0.15) is 0 Å². The standard InChI is InChI=1S/C11H18N4/c12-6-1-4-10-5-2-9-15(10)11-13-7-3-8-14-11/h3,7-8,10H,1-2,4-6,9,12H2. The van der Waals surface area contributed by atoms with Crippen molar-refractivity contribution in [2.75, 3.05) is 18.0 Å². The minimum atomic E-state index is 0.593. The van der Waals surface area contributed by atoms with E-state index in [4.69, 9.17) is 5.73 Å². The number of aromatic nitrogens is 2. The number of nitrogens with two attached hydrogens (primary N) is 1. The lowest BCUT2D eigenvalue weighted by Crippen LogP contribution is -2.31. The van der Waals surface area contributed by atoms with Gasteiger partial charge in [-0.1, -0.05) is 0 Å². The van der Waals surface area contributed by atoms with E-state index in [0.717, 1.165) is 31.9 Å². The van der Waals surface area contributed by atoms with Crippen LogP contribution in [0.3, 0.4) is 0 Å². The molecule has 4 nitrogen and oxygen atoms in total. The molecule has 1 aromatic rings. The number of anilines is 1. The van der Waals surface area contributed by atoms with Crippen LogP contribution in [0, 0.1) is 0 Å². The molecule has 0 radical (unpaired) electrons. The maximum atomic E-state index is 5.54. The summed E-state index contributed by atoms with van der Waals surface area (Å²) in [6, 6.07) is 2.45. The number of hydrogen-bond acceptors (Lipinski definition) is 4. The quantitative estimate of drug-likeness (QED) is 0.804. The zero-order valence-corrected chi connectivity index (χ0v) is 8.97. The lowest BCUT2D eigenvalue weighted by Gasteiger charge is -2.24. The van der Waals surface area contributed by atoms with Crippen LogP contribution < -0.4 is 10.6 Å². The van der Waals surface area contributed by atoms with Gasteiger partial charge in [0.15, 0.2) is 0 Å². The van der Waals surface area contributed by atoms with E-state index < -0.39 is 0 Å². The Labute approximate surface area is 90.5 Å². The highest BCUT2D eigenvalue weighted by Gasteiger charge is 2.25. The van der Waals surface area contributed by atoms with E-state index in [2.05, 4.69) is 14.9 Å². The van der Waals surface area contributed by atoms with Crippen molar-refractivity contribution in [2.45, 2.75) is 31.7 Å². The summed E-state index contributed by atoms with van der Waals surface area (Å²) in [5, 5.41) is 0. The molecule has 0 amide bonds. The van der Waals surface area contributed by atoms with Crippen LogP contribution in [0.25, 0.3) is 0 Å². The normalized spacial score (nSPS) is 20.9. The van der Waals surface area contributed by atoms with Crippen molar-refractivity contribution in [1.82, 2.24) is 9.97 Å². The molecule has 1 aliphatic heterocycles. The van der Waals surface area contributed by atoms with Gasteiger partial charge in [-0.25, -0.2) is 9.97 Å². The van der Waals surface area contributed by atoms with Gasteiger partial charge < -0.3 is 10.6 Å². The molecule has 1 saturated heterocycles. The van der Waals surface area contributed by atoms with Gasteiger partial charge in [0.2, 0.25) is 5.95 Å². The Morgan fingerprint density at radius 3 is 2.93 bits per heavy atom. The second kappa shape index (κ2) is 5.07. The van der Waals surface area contributed by atoms with Crippen molar-refractivity contribution in [3.05, 3.63) is 18.5 Å². The van der Waals surface area contributed by atoms with Crippen LogP contribution in [0.2, 0.25) is 0 Å². The van der Waals surface area contributed by atoms with Crippen molar-refractivity contribution in [3.8, 4) is 0 Å². The lowest BCUT2D eigenvalue weighted by atomic mass is 10.1. The van der Waals surface area contributed by atoms with Crippen molar-refractivity contribution >= 4 is 5.95 Å². The molecule has 0 saturated carbocycles. The zero-order valence-electron chi connectivity index (χ0n) is 8.97. The second-order valence-electron chi connectivity index (χ2n) is 3.97. The van der Waals surface area contributed by atoms with Crippen LogP contribution in [0.15, 0.2) is 18.5 Å². The van der Waals surface area contributed by atoms with E-state index in [9.17, 15) is 0 Å². The van der Waals surface area contributed by atoms with Crippen LogP contribution in [0.5, 0.6) is 0 Å². The Morgan fingerprint density at radius 1 is 1.40 bits per heavy atom. The third-order valence-electron chi connectivity index (χ3n) is 2.93. The van der Waals surface area contributed by atoms with Gasteiger partial charge in [0, 0.05) is 25.0 Å². The highest BCUT2D eigenvalue weighted by atomic mass is 15.3. The average Bonchev–Trinajstić information content (AvgIpc) is 2.75. The van der Waals surface area contributed by atoms with Gasteiger partial charge in [-0.3, -0.25) is 0 Å². The SMILES string of the molecule is NCCCC1CCCN1c1ncccn1. The molecule has 2 rings (SSSR count). The van der Waals surface area contributed by atoms with E-state index in [-0.39, 0.29) is 0 Å². The molecule has 2 N–H and O–H groups in total. The Balaban J connectivity index is 2.01. The molecule has 1 aliphatic rings. The Bertz CT molecular complexity index is 288. The summed E-state index contributed by atoms with van der Waals surface area (Å²) in [5.74, 6) is 0.872.